The molecule has 0 spiro atoms. The molecule has 0 N–H and O–H groups in total. The summed E-state index contributed by atoms with van der Waals surface area (Å²) in [6.07, 6.45) is 2.28. The second-order valence-electron chi connectivity index (χ2n) is 11.7. The molecule has 1 aromatic carbocycles. The second kappa shape index (κ2) is 11.6. The standard InChI is InChI=1S/C31H38FN7O2/c1-20-8-6-10-24(21(20)2)26-12-11-25-27(34-26)35-30(41-19-23-9-7-15-37(23)5)36-28(25)38-16-17-39(22(18-38)13-14-33)29(40)31(3,4)32/h6,8,10-12,22-23H,7,9,13,15-19H2,1-5H3/t22-,23-/m0/s1. The van der Waals surface area contributed by atoms with Crippen LogP contribution in [-0.2, 0) is 4.79 Å². The Balaban J connectivity index is 1.53. The Morgan fingerprint density at radius 2 is 1.93 bits per heavy atom. The van der Waals surface area contributed by atoms with E-state index in [9.17, 15) is 14.4 Å². The minimum absolute atomic E-state index is 0.0910. The number of nitrogens with zero attached hydrogens (tertiary/aromatic N) is 7. The number of nitriles is 1. The van der Waals surface area contributed by atoms with Crippen molar-refractivity contribution in [2.75, 3.05) is 44.7 Å². The zero-order chi connectivity index (χ0) is 29.3. The lowest BCUT2D eigenvalue weighted by molar-refractivity contribution is -0.144. The van der Waals surface area contributed by atoms with Crippen LogP contribution in [0.1, 0.15) is 44.2 Å². The molecule has 2 aromatic heterocycles. The Labute approximate surface area is 240 Å². The van der Waals surface area contributed by atoms with Crippen molar-refractivity contribution in [3.05, 3.63) is 41.5 Å². The zero-order valence-corrected chi connectivity index (χ0v) is 24.5. The molecule has 1 amide bonds. The van der Waals surface area contributed by atoms with Gasteiger partial charge in [0.25, 0.3) is 5.91 Å². The summed E-state index contributed by atoms with van der Waals surface area (Å²) < 4.78 is 20.8. The molecular formula is C31H38FN7O2. The zero-order valence-electron chi connectivity index (χ0n) is 24.5. The van der Waals surface area contributed by atoms with Crippen LogP contribution >= 0.6 is 0 Å². The molecule has 2 saturated heterocycles. The molecule has 2 fully saturated rings. The number of piperazine rings is 1. The summed E-state index contributed by atoms with van der Waals surface area (Å²) in [4.78, 5) is 33.2. The number of amides is 1. The Bertz CT molecular complexity index is 1480. The molecule has 3 aromatic rings. The van der Waals surface area contributed by atoms with Gasteiger partial charge in [0, 0.05) is 31.2 Å². The minimum Gasteiger partial charge on any atom is -0.462 e. The number of pyridine rings is 1. The number of carbonyl (C=O) groups excluding carboxylic acids is 1. The Morgan fingerprint density at radius 3 is 2.63 bits per heavy atom. The Kier molecular flexibility index (Phi) is 8.09. The number of ether oxygens (including phenoxy) is 1. The van der Waals surface area contributed by atoms with E-state index in [1.165, 1.54) is 24.3 Å². The molecule has 9 nitrogen and oxygen atoms in total. The summed E-state index contributed by atoms with van der Waals surface area (Å²) in [7, 11) is 2.10. The third-order valence-corrected chi connectivity index (χ3v) is 8.35. The Morgan fingerprint density at radius 1 is 1.12 bits per heavy atom. The first kappa shape index (κ1) is 28.7. The summed E-state index contributed by atoms with van der Waals surface area (Å²) in [6, 6.07) is 12.4. The van der Waals surface area contributed by atoms with Gasteiger partial charge in [0.15, 0.2) is 11.3 Å². The van der Waals surface area contributed by atoms with Crippen LogP contribution in [-0.4, -0.2) is 88.2 Å². The molecule has 4 heterocycles. The predicted molar refractivity (Wildman–Crippen MR) is 157 cm³/mol. The predicted octanol–water partition coefficient (Wildman–Crippen LogP) is 4.46. The van der Waals surface area contributed by atoms with Crippen LogP contribution in [0.25, 0.3) is 22.3 Å². The number of anilines is 1. The van der Waals surface area contributed by atoms with Crippen LogP contribution in [0.15, 0.2) is 30.3 Å². The number of aryl methyl sites for hydroxylation is 1. The van der Waals surface area contributed by atoms with Gasteiger partial charge < -0.3 is 19.4 Å². The number of aromatic nitrogens is 3. The lowest BCUT2D eigenvalue weighted by Gasteiger charge is -2.42. The SMILES string of the molecule is Cc1cccc(-c2ccc3c(N4CCN(C(=O)C(C)(C)F)[C@@H](CC#N)C4)nc(OC[C@@H]4CCCN4C)nc3n2)c1C. The third-order valence-electron chi connectivity index (χ3n) is 8.35. The lowest BCUT2D eigenvalue weighted by atomic mass is 10.0. The van der Waals surface area contributed by atoms with E-state index in [0.29, 0.717) is 37.2 Å². The molecular weight excluding hydrogens is 521 g/mol. The smallest absolute Gasteiger partial charge is 0.320 e. The van der Waals surface area contributed by atoms with E-state index in [2.05, 4.69) is 44.0 Å². The first-order valence-electron chi connectivity index (χ1n) is 14.3. The lowest BCUT2D eigenvalue weighted by Crippen LogP contribution is -2.58. The highest BCUT2D eigenvalue weighted by atomic mass is 19.1. The van der Waals surface area contributed by atoms with Crippen LogP contribution < -0.4 is 9.64 Å². The van der Waals surface area contributed by atoms with Crippen LogP contribution in [0.4, 0.5) is 10.2 Å². The van der Waals surface area contributed by atoms with E-state index >= 15 is 0 Å². The number of halogens is 1. The third kappa shape index (κ3) is 5.96. The van der Waals surface area contributed by atoms with Crippen molar-refractivity contribution < 1.29 is 13.9 Å². The van der Waals surface area contributed by atoms with Gasteiger partial charge in [-0.05, 0) is 77.4 Å². The fourth-order valence-corrected chi connectivity index (χ4v) is 5.76. The average Bonchev–Trinajstić information content (AvgIpc) is 3.36. The van der Waals surface area contributed by atoms with Gasteiger partial charge in [-0.2, -0.15) is 15.2 Å². The number of fused-ring (bicyclic) bond motifs is 1. The number of hydrogen-bond acceptors (Lipinski definition) is 8. The van der Waals surface area contributed by atoms with Crippen LogP contribution in [0, 0.1) is 25.2 Å². The molecule has 216 valence electrons. The van der Waals surface area contributed by atoms with Crippen molar-refractivity contribution in [1.82, 2.24) is 24.8 Å². The number of benzene rings is 1. The van der Waals surface area contributed by atoms with Gasteiger partial charge in [0.1, 0.15) is 12.4 Å². The van der Waals surface area contributed by atoms with Gasteiger partial charge in [-0.1, -0.05) is 18.2 Å². The van der Waals surface area contributed by atoms with Crippen molar-refractivity contribution in [2.45, 2.75) is 64.7 Å². The molecule has 2 atom stereocenters. The minimum atomic E-state index is -2.01. The van der Waals surface area contributed by atoms with Gasteiger partial charge >= 0.3 is 6.01 Å². The largest absolute Gasteiger partial charge is 0.462 e. The van der Waals surface area contributed by atoms with Crippen LogP contribution in [0.2, 0.25) is 0 Å². The monoisotopic (exact) mass is 559 g/mol. The van der Waals surface area contributed by atoms with Crippen molar-refractivity contribution >= 4 is 22.8 Å². The summed E-state index contributed by atoms with van der Waals surface area (Å²) in [5.74, 6) is 0.0359. The van der Waals surface area contributed by atoms with Gasteiger partial charge in [0.2, 0.25) is 0 Å². The summed E-state index contributed by atoms with van der Waals surface area (Å²) in [5, 5.41) is 10.3. The van der Waals surface area contributed by atoms with Gasteiger partial charge in [0.05, 0.1) is 29.6 Å². The van der Waals surface area contributed by atoms with Crippen molar-refractivity contribution in [3.63, 3.8) is 0 Å². The second-order valence-corrected chi connectivity index (χ2v) is 11.7. The quantitative estimate of drug-likeness (QED) is 0.419. The topological polar surface area (TPSA) is 98.5 Å². The molecule has 0 saturated carbocycles. The number of alkyl halides is 1. The fourth-order valence-electron chi connectivity index (χ4n) is 5.76. The van der Waals surface area contributed by atoms with Gasteiger partial charge in [-0.15, -0.1) is 0 Å². The molecule has 10 heteroatoms. The van der Waals surface area contributed by atoms with Crippen LogP contribution in [0.5, 0.6) is 6.01 Å². The molecule has 0 aliphatic carbocycles. The van der Waals surface area contributed by atoms with E-state index in [1.807, 2.05) is 23.1 Å². The van der Waals surface area contributed by atoms with Gasteiger partial charge in [-0.3, -0.25) is 4.79 Å². The normalized spacial score (nSPS) is 19.9. The molecule has 2 aliphatic heterocycles. The van der Waals surface area contributed by atoms with Crippen molar-refractivity contribution in [1.29, 1.82) is 5.26 Å². The van der Waals surface area contributed by atoms with E-state index < -0.39 is 17.6 Å². The van der Waals surface area contributed by atoms with Gasteiger partial charge in [-0.25, -0.2) is 9.37 Å². The molecule has 0 unspecified atom stereocenters. The first-order valence-corrected chi connectivity index (χ1v) is 14.3. The number of likely N-dealkylation sites (tertiary alicyclic amines) is 1. The summed E-state index contributed by atoms with van der Waals surface area (Å²) >= 11 is 0. The maximum absolute atomic E-state index is 14.6. The molecule has 5 rings (SSSR count). The van der Waals surface area contributed by atoms with E-state index in [-0.39, 0.29) is 19.0 Å². The van der Waals surface area contributed by atoms with E-state index in [0.717, 1.165) is 41.6 Å². The summed E-state index contributed by atoms with van der Waals surface area (Å²) in [6.45, 7) is 9.25. The maximum Gasteiger partial charge on any atom is 0.320 e. The molecule has 0 bridgehead atoms. The highest BCUT2D eigenvalue weighted by molar-refractivity contribution is 5.90. The number of hydrogen-bond donors (Lipinski definition) is 0. The highest BCUT2D eigenvalue weighted by Crippen LogP contribution is 2.32. The number of rotatable bonds is 7. The molecule has 41 heavy (non-hydrogen) atoms. The molecule has 2 aliphatic rings. The number of likely N-dealkylation sites (N-methyl/N-ethyl adjacent to an activating group) is 1. The summed E-state index contributed by atoms with van der Waals surface area (Å²) in [5.41, 5.74) is 2.70. The van der Waals surface area contributed by atoms with Crippen molar-refractivity contribution in [2.24, 2.45) is 0 Å². The van der Waals surface area contributed by atoms with Crippen LogP contribution in [0.3, 0.4) is 0 Å². The fraction of sp³-hybridized carbons (Fsp3) is 0.516. The Hall–Kier alpha value is -3.84. The van der Waals surface area contributed by atoms with E-state index in [4.69, 9.17) is 19.7 Å². The molecule has 0 radical (unpaired) electrons. The van der Waals surface area contributed by atoms with Crippen molar-refractivity contribution in [3.8, 4) is 23.3 Å². The maximum atomic E-state index is 14.6. The average molecular weight is 560 g/mol. The first-order chi connectivity index (χ1) is 19.6. The van der Waals surface area contributed by atoms with E-state index in [1.54, 1.807) is 0 Å². The number of carbonyl (C=O) groups is 1. The highest BCUT2D eigenvalue weighted by Gasteiger charge is 2.39.